The van der Waals surface area contributed by atoms with Gasteiger partial charge in [0.25, 0.3) is 0 Å². The fourth-order valence-corrected chi connectivity index (χ4v) is 2.70. The maximum Gasteiger partial charge on any atom is 0.416 e. The highest BCUT2D eigenvalue weighted by Crippen LogP contribution is 2.31. The molecule has 3 aromatic rings. The molecule has 0 aliphatic rings. The average molecular weight is 349 g/mol. The molecule has 2 N–H and O–H groups in total. The Kier molecular flexibility index (Phi) is 4.12. The number of benzene rings is 1. The van der Waals surface area contributed by atoms with Crippen molar-refractivity contribution in [3.8, 4) is 0 Å². The summed E-state index contributed by atoms with van der Waals surface area (Å²) >= 11 is 0. The van der Waals surface area contributed by atoms with Gasteiger partial charge in [-0.05, 0) is 29.8 Å². The molecule has 0 atom stereocenters. The third kappa shape index (κ3) is 3.02. The Bertz CT molecular complexity index is 948. The lowest BCUT2D eigenvalue weighted by atomic mass is 10.1. The minimum Gasteiger partial charge on any atom is -0.464 e. The highest BCUT2D eigenvalue weighted by molar-refractivity contribution is 6.04. The molecule has 25 heavy (non-hydrogen) atoms. The monoisotopic (exact) mass is 349 g/mol. The molecular weight excluding hydrogens is 335 g/mol. The summed E-state index contributed by atoms with van der Waals surface area (Å²) in [5, 5.41) is 0.537. The van der Waals surface area contributed by atoms with Gasteiger partial charge in [-0.25, -0.2) is 9.78 Å². The van der Waals surface area contributed by atoms with Crippen molar-refractivity contribution in [2.75, 3.05) is 12.8 Å². The van der Waals surface area contributed by atoms with E-state index in [-0.39, 0.29) is 17.9 Å². The maximum atomic E-state index is 12.9. The molecule has 2 aromatic heterocycles. The Morgan fingerprint density at radius 3 is 2.72 bits per heavy atom. The van der Waals surface area contributed by atoms with Crippen LogP contribution >= 0.6 is 0 Å². The number of rotatable bonds is 3. The van der Waals surface area contributed by atoms with Crippen LogP contribution in [0.5, 0.6) is 0 Å². The third-order valence-electron chi connectivity index (χ3n) is 3.83. The molecule has 0 radical (unpaired) electrons. The molecule has 2 heterocycles. The van der Waals surface area contributed by atoms with Crippen LogP contribution in [0.4, 0.5) is 18.9 Å². The van der Waals surface area contributed by atoms with Crippen molar-refractivity contribution in [3.05, 3.63) is 59.4 Å². The molecule has 0 saturated carbocycles. The standard InChI is InChI=1S/C17H14F3N3O2/c1-25-16(24)14-13(21)12-6-3-7-22-15(12)23(14)9-10-4-2-5-11(8-10)17(18,19)20/h2-8H,9,21H2,1H3. The molecule has 0 amide bonds. The van der Waals surface area contributed by atoms with E-state index in [4.69, 9.17) is 10.5 Å². The van der Waals surface area contributed by atoms with Crippen LogP contribution in [0.2, 0.25) is 0 Å². The van der Waals surface area contributed by atoms with E-state index in [1.54, 1.807) is 18.2 Å². The van der Waals surface area contributed by atoms with E-state index >= 15 is 0 Å². The number of pyridine rings is 1. The van der Waals surface area contributed by atoms with Gasteiger partial charge in [0.2, 0.25) is 0 Å². The van der Waals surface area contributed by atoms with Gasteiger partial charge in [0.1, 0.15) is 5.65 Å². The number of halogens is 3. The SMILES string of the molecule is COC(=O)c1c(N)c2cccnc2n1Cc1cccc(C(F)(F)F)c1. The van der Waals surface area contributed by atoms with Crippen LogP contribution in [0.25, 0.3) is 11.0 Å². The van der Waals surface area contributed by atoms with E-state index in [2.05, 4.69) is 4.98 Å². The van der Waals surface area contributed by atoms with Crippen LogP contribution in [0.15, 0.2) is 42.6 Å². The largest absolute Gasteiger partial charge is 0.464 e. The number of nitrogens with zero attached hydrogens (tertiary/aromatic N) is 2. The number of fused-ring (bicyclic) bond motifs is 1. The van der Waals surface area contributed by atoms with Crippen LogP contribution in [0.3, 0.4) is 0 Å². The molecule has 0 aliphatic heterocycles. The van der Waals surface area contributed by atoms with E-state index in [1.807, 2.05) is 0 Å². The molecule has 0 bridgehead atoms. The second-order valence-corrected chi connectivity index (χ2v) is 5.41. The number of methoxy groups -OCH3 is 1. The number of anilines is 1. The van der Waals surface area contributed by atoms with Gasteiger partial charge in [0.15, 0.2) is 5.69 Å². The molecule has 0 fully saturated rings. The van der Waals surface area contributed by atoms with Crippen molar-refractivity contribution in [1.82, 2.24) is 9.55 Å². The quantitative estimate of drug-likeness (QED) is 0.735. The zero-order valence-corrected chi connectivity index (χ0v) is 13.2. The normalized spacial score (nSPS) is 11.7. The number of hydrogen-bond donors (Lipinski definition) is 1. The molecule has 5 nitrogen and oxygen atoms in total. The van der Waals surface area contributed by atoms with Crippen molar-refractivity contribution in [2.24, 2.45) is 0 Å². The second kappa shape index (κ2) is 6.12. The van der Waals surface area contributed by atoms with Gasteiger partial charge in [-0.3, -0.25) is 0 Å². The fraction of sp³-hybridized carbons (Fsp3) is 0.176. The van der Waals surface area contributed by atoms with Crippen molar-refractivity contribution >= 4 is 22.7 Å². The number of ether oxygens (including phenoxy) is 1. The van der Waals surface area contributed by atoms with Gasteiger partial charge in [-0.15, -0.1) is 0 Å². The fourth-order valence-electron chi connectivity index (χ4n) is 2.70. The van der Waals surface area contributed by atoms with Crippen LogP contribution in [-0.4, -0.2) is 22.6 Å². The van der Waals surface area contributed by atoms with Gasteiger partial charge in [0.05, 0.1) is 18.4 Å². The zero-order chi connectivity index (χ0) is 18.2. The minimum absolute atomic E-state index is 0.000926. The number of alkyl halides is 3. The maximum absolute atomic E-state index is 12.9. The molecular formula is C17H14F3N3O2. The van der Waals surface area contributed by atoms with Crippen LogP contribution in [0.1, 0.15) is 21.6 Å². The van der Waals surface area contributed by atoms with E-state index < -0.39 is 17.7 Å². The Labute approximate surface area is 140 Å². The number of aromatic nitrogens is 2. The first-order valence-electron chi connectivity index (χ1n) is 7.30. The molecule has 0 spiro atoms. The molecule has 3 rings (SSSR count). The van der Waals surface area contributed by atoms with Crippen LogP contribution in [0, 0.1) is 0 Å². The summed E-state index contributed by atoms with van der Waals surface area (Å²) in [7, 11) is 1.21. The van der Waals surface area contributed by atoms with Gasteiger partial charge >= 0.3 is 12.1 Å². The van der Waals surface area contributed by atoms with E-state index in [9.17, 15) is 18.0 Å². The van der Waals surface area contributed by atoms with E-state index in [0.717, 1.165) is 12.1 Å². The first-order chi connectivity index (χ1) is 11.8. The number of esters is 1. The lowest BCUT2D eigenvalue weighted by Crippen LogP contribution is -2.14. The molecule has 0 saturated heterocycles. The topological polar surface area (TPSA) is 70.1 Å². The number of carbonyl (C=O) groups is 1. The summed E-state index contributed by atoms with van der Waals surface area (Å²) in [4.78, 5) is 16.3. The molecule has 1 aromatic carbocycles. The van der Waals surface area contributed by atoms with Crippen molar-refractivity contribution < 1.29 is 22.7 Å². The van der Waals surface area contributed by atoms with Crippen molar-refractivity contribution in [3.63, 3.8) is 0 Å². The van der Waals surface area contributed by atoms with Gasteiger partial charge < -0.3 is 15.0 Å². The first-order valence-corrected chi connectivity index (χ1v) is 7.30. The predicted molar refractivity (Wildman–Crippen MR) is 86.0 cm³/mol. The second-order valence-electron chi connectivity index (χ2n) is 5.41. The van der Waals surface area contributed by atoms with Gasteiger partial charge in [-0.1, -0.05) is 12.1 Å². The Hall–Kier alpha value is -3.03. The molecule has 8 heteroatoms. The average Bonchev–Trinajstić information content (AvgIpc) is 2.86. The van der Waals surface area contributed by atoms with E-state index in [1.165, 1.54) is 23.9 Å². The van der Waals surface area contributed by atoms with Crippen LogP contribution in [-0.2, 0) is 17.5 Å². The Morgan fingerprint density at radius 1 is 1.28 bits per heavy atom. The zero-order valence-electron chi connectivity index (χ0n) is 13.2. The van der Waals surface area contributed by atoms with Gasteiger partial charge in [0, 0.05) is 18.1 Å². The van der Waals surface area contributed by atoms with Crippen molar-refractivity contribution in [2.45, 2.75) is 12.7 Å². The summed E-state index contributed by atoms with van der Waals surface area (Å²) < 4.78 is 45.0. The molecule has 0 unspecified atom stereocenters. The summed E-state index contributed by atoms with van der Waals surface area (Å²) in [5.41, 5.74) is 6.28. The van der Waals surface area contributed by atoms with Gasteiger partial charge in [-0.2, -0.15) is 13.2 Å². The molecule has 0 aliphatic carbocycles. The summed E-state index contributed by atoms with van der Waals surface area (Å²) in [5.74, 6) is -0.678. The highest BCUT2D eigenvalue weighted by atomic mass is 19.4. The number of hydrogen-bond acceptors (Lipinski definition) is 4. The Balaban J connectivity index is 2.14. The number of carbonyl (C=O) groups excluding carboxylic acids is 1. The predicted octanol–water partition coefficient (Wildman–Crippen LogP) is 3.47. The third-order valence-corrected chi connectivity index (χ3v) is 3.83. The summed E-state index contributed by atoms with van der Waals surface area (Å²) in [6, 6.07) is 8.23. The summed E-state index contributed by atoms with van der Waals surface area (Å²) in [6.45, 7) is -0.000926. The smallest absolute Gasteiger partial charge is 0.416 e. The van der Waals surface area contributed by atoms with E-state index in [0.29, 0.717) is 16.6 Å². The Morgan fingerprint density at radius 2 is 2.04 bits per heavy atom. The number of nitrogen functional groups attached to an aromatic ring is 1. The van der Waals surface area contributed by atoms with Crippen LogP contribution < -0.4 is 5.73 Å². The lowest BCUT2D eigenvalue weighted by molar-refractivity contribution is -0.137. The molecule has 130 valence electrons. The summed E-state index contributed by atoms with van der Waals surface area (Å²) in [6.07, 6.45) is -2.93. The lowest BCUT2D eigenvalue weighted by Gasteiger charge is -2.12. The van der Waals surface area contributed by atoms with Crippen molar-refractivity contribution in [1.29, 1.82) is 0 Å². The number of nitrogens with two attached hydrogens (primary N) is 1. The highest BCUT2D eigenvalue weighted by Gasteiger charge is 2.30. The first kappa shape index (κ1) is 16.8. The minimum atomic E-state index is -4.45.